The Morgan fingerprint density at radius 3 is 2.88 bits per heavy atom. The number of H-pyrrole nitrogens is 1. The molecular formula is C17H21BrN4OS2. The molecule has 1 atom stereocenters. The Bertz CT molecular complexity index is 787. The van der Waals surface area contributed by atoms with Gasteiger partial charge in [-0.1, -0.05) is 15.9 Å². The largest absolute Gasteiger partial charge is 0.342 e. The van der Waals surface area contributed by atoms with E-state index in [1.165, 1.54) is 4.90 Å². The fourth-order valence-corrected chi connectivity index (χ4v) is 4.33. The van der Waals surface area contributed by atoms with Crippen LogP contribution in [0.1, 0.15) is 31.0 Å². The first-order valence-corrected chi connectivity index (χ1v) is 10.5. The lowest BCUT2D eigenvalue weighted by Gasteiger charge is -2.32. The summed E-state index contributed by atoms with van der Waals surface area (Å²) in [6, 6.07) is 8.19. The molecule has 1 fully saturated rings. The van der Waals surface area contributed by atoms with Crippen LogP contribution in [0.3, 0.4) is 0 Å². The fraction of sp³-hybridized carbons (Fsp3) is 0.471. The van der Waals surface area contributed by atoms with E-state index in [-0.39, 0.29) is 11.8 Å². The first kappa shape index (κ1) is 18.7. The quantitative estimate of drug-likeness (QED) is 0.560. The monoisotopic (exact) mass is 440 g/mol. The van der Waals surface area contributed by atoms with Gasteiger partial charge in [0, 0.05) is 47.6 Å². The van der Waals surface area contributed by atoms with E-state index in [0.29, 0.717) is 11.2 Å². The molecule has 0 spiro atoms. The molecule has 1 saturated heterocycles. The normalized spacial score (nSPS) is 17.7. The van der Waals surface area contributed by atoms with Gasteiger partial charge < -0.3 is 9.47 Å². The minimum Gasteiger partial charge on any atom is -0.342 e. The Morgan fingerprint density at radius 2 is 2.20 bits per heavy atom. The summed E-state index contributed by atoms with van der Waals surface area (Å²) in [4.78, 5) is 15.7. The van der Waals surface area contributed by atoms with Crippen molar-refractivity contribution in [1.29, 1.82) is 0 Å². The molecule has 2 aromatic rings. The summed E-state index contributed by atoms with van der Waals surface area (Å²) in [6.07, 6.45) is 2.62. The van der Waals surface area contributed by atoms with Gasteiger partial charge in [0.1, 0.15) is 5.82 Å². The van der Waals surface area contributed by atoms with E-state index in [4.69, 9.17) is 12.2 Å². The number of aromatic nitrogens is 3. The van der Waals surface area contributed by atoms with Crippen LogP contribution in [0.4, 0.5) is 0 Å². The Morgan fingerprint density at radius 1 is 1.44 bits per heavy atom. The van der Waals surface area contributed by atoms with Crippen LogP contribution in [-0.4, -0.2) is 44.4 Å². The first-order valence-electron chi connectivity index (χ1n) is 8.32. The number of carbonyl (C=O) groups excluding carboxylic acids is 1. The second-order valence-electron chi connectivity index (χ2n) is 6.18. The van der Waals surface area contributed by atoms with Gasteiger partial charge in [0.25, 0.3) is 0 Å². The predicted octanol–water partition coefficient (Wildman–Crippen LogP) is 4.13. The molecule has 1 aliphatic heterocycles. The number of aromatic amines is 1. The van der Waals surface area contributed by atoms with Crippen molar-refractivity contribution < 1.29 is 4.79 Å². The topological polar surface area (TPSA) is 53.9 Å². The highest BCUT2D eigenvalue weighted by molar-refractivity contribution is 9.10. The molecule has 3 rings (SSSR count). The second-order valence-corrected chi connectivity index (χ2v) is 8.65. The van der Waals surface area contributed by atoms with E-state index in [0.717, 1.165) is 42.0 Å². The van der Waals surface area contributed by atoms with Crippen LogP contribution in [0, 0.1) is 4.77 Å². The van der Waals surface area contributed by atoms with Crippen LogP contribution in [-0.2, 0) is 11.8 Å². The predicted molar refractivity (Wildman–Crippen MR) is 106 cm³/mol. The summed E-state index contributed by atoms with van der Waals surface area (Å²) in [5, 5.41) is 7.18. The van der Waals surface area contributed by atoms with E-state index < -0.39 is 0 Å². The third-order valence-corrected chi connectivity index (χ3v) is 6.36. The van der Waals surface area contributed by atoms with Crippen molar-refractivity contribution >= 4 is 45.8 Å². The zero-order valence-corrected chi connectivity index (χ0v) is 17.3. The molecule has 0 aliphatic carbocycles. The standard InChI is InChI=1S/C17H21BrN4OS2/c1-21-16(19-20-17(21)24)12-3-2-9-22(11-12)15(23)8-10-25-14-6-4-13(18)5-7-14/h4-7,12H,2-3,8-11H2,1H3,(H,20,24). The van der Waals surface area contributed by atoms with E-state index in [9.17, 15) is 4.79 Å². The van der Waals surface area contributed by atoms with E-state index in [1.54, 1.807) is 11.8 Å². The summed E-state index contributed by atoms with van der Waals surface area (Å²) in [5.41, 5.74) is 0. The van der Waals surface area contributed by atoms with E-state index in [2.05, 4.69) is 38.3 Å². The van der Waals surface area contributed by atoms with Crippen molar-refractivity contribution in [3.8, 4) is 0 Å². The Hall–Kier alpha value is -1.12. The highest BCUT2D eigenvalue weighted by Crippen LogP contribution is 2.26. The van der Waals surface area contributed by atoms with Gasteiger partial charge >= 0.3 is 0 Å². The number of amides is 1. The number of nitrogens with one attached hydrogen (secondary N) is 1. The number of rotatable bonds is 5. The summed E-state index contributed by atoms with van der Waals surface area (Å²) in [7, 11) is 1.93. The number of nitrogens with zero attached hydrogens (tertiary/aromatic N) is 3. The SMILES string of the molecule is Cn1c(C2CCCN(C(=O)CCSc3ccc(Br)cc3)C2)n[nH]c1=S. The van der Waals surface area contributed by atoms with Crippen molar-refractivity contribution in [2.24, 2.45) is 7.05 Å². The number of piperidine rings is 1. The van der Waals surface area contributed by atoms with Gasteiger partial charge in [-0.3, -0.25) is 9.89 Å². The maximum Gasteiger partial charge on any atom is 0.223 e. The third-order valence-electron chi connectivity index (χ3n) is 4.45. The van der Waals surface area contributed by atoms with Gasteiger partial charge in [-0.15, -0.1) is 11.8 Å². The number of hydrogen-bond donors (Lipinski definition) is 1. The van der Waals surface area contributed by atoms with Crippen LogP contribution >= 0.6 is 39.9 Å². The average molecular weight is 441 g/mol. The van der Waals surface area contributed by atoms with Gasteiger partial charge in [0.15, 0.2) is 4.77 Å². The molecular weight excluding hydrogens is 420 g/mol. The van der Waals surface area contributed by atoms with Gasteiger partial charge in [-0.05, 0) is 49.3 Å². The smallest absolute Gasteiger partial charge is 0.223 e. The molecule has 8 heteroatoms. The van der Waals surface area contributed by atoms with Crippen molar-refractivity contribution in [3.05, 3.63) is 39.3 Å². The lowest BCUT2D eigenvalue weighted by atomic mass is 9.97. The molecule has 25 heavy (non-hydrogen) atoms. The van der Waals surface area contributed by atoms with Crippen LogP contribution < -0.4 is 0 Å². The van der Waals surface area contributed by atoms with Crippen molar-refractivity contribution in [2.75, 3.05) is 18.8 Å². The number of benzene rings is 1. The van der Waals surface area contributed by atoms with Crippen LogP contribution in [0.15, 0.2) is 33.6 Å². The third kappa shape index (κ3) is 4.74. The molecule has 1 amide bonds. The van der Waals surface area contributed by atoms with Gasteiger partial charge in [-0.2, -0.15) is 5.10 Å². The highest BCUT2D eigenvalue weighted by atomic mass is 79.9. The minimum atomic E-state index is 0.228. The molecule has 1 aromatic carbocycles. The Labute approximate surface area is 165 Å². The summed E-state index contributed by atoms with van der Waals surface area (Å²) in [5.74, 6) is 2.24. The van der Waals surface area contributed by atoms with E-state index in [1.807, 2.05) is 28.6 Å². The highest BCUT2D eigenvalue weighted by Gasteiger charge is 2.27. The number of likely N-dealkylation sites (tertiary alicyclic amines) is 1. The van der Waals surface area contributed by atoms with Crippen molar-refractivity contribution in [1.82, 2.24) is 19.7 Å². The number of carbonyl (C=O) groups is 1. The Balaban J connectivity index is 1.52. The van der Waals surface area contributed by atoms with Gasteiger partial charge in [-0.25, -0.2) is 0 Å². The molecule has 134 valence electrons. The zero-order chi connectivity index (χ0) is 17.8. The average Bonchev–Trinajstić information content (AvgIpc) is 2.96. The molecule has 0 bridgehead atoms. The second kappa shape index (κ2) is 8.51. The summed E-state index contributed by atoms with van der Waals surface area (Å²) < 4.78 is 3.61. The molecule has 1 aromatic heterocycles. The van der Waals surface area contributed by atoms with Crippen LogP contribution in [0.25, 0.3) is 0 Å². The maximum atomic E-state index is 12.6. The molecule has 1 aliphatic rings. The Kier molecular flexibility index (Phi) is 6.35. The van der Waals surface area contributed by atoms with Crippen molar-refractivity contribution in [3.63, 3.8) is 0 Å². The van der Waals surface area contributed by atoms with Crippen LogP contribution in [0.5, 0.6) is 0 Å². The number of hydrogen-bond acceptors (Lipinski definition) is 4. The lowest BCUT2D eigenvalue weighted by Crippen LogP contribution is -2.39. The van der Waals surface area contributed by atoms with Crippen molar-refractivity contribution in [2.45, 2.75) is 30.1 Å². The first-order chi connectivity index (χ1) is 12.0. The molecule has 2 heterocycles. The fourth-order valence-electron chi connectivity index (χ4n) is 3.08. The molecule has 5 nitrogen and oxygen atoms in total. The lowest BCUT2D eigenvalue weighted by molar-refractivity contribution is -0.132. The maximum absolute atomic E-state index is 12.6. The number of thioether (sulfide) groups is 1. The van der Waals surface area contributed by atoms with E-state index >= 15 is 0 Å². The van der Waals surface area contributed by atoms with Gasteiger partial charge in [0.05, 0.1) is 0 Å². The molecule has 0 saturated carbocycles. The number of halogens is 1. The molecule has 1 N–H and O–H groups in total. The van der Waals surface area contributed by atoms with Gasteiger partial charge in [0.2, 0.25) is 5.91 Å². The minimum absolute atomic E-state index is 0.228. The molecule has 1 unspecified atom stereocenters. The summed E-state index contributed by atoms with van der Waals surface area (Å²) in [6.45, 7) is 1.57. The summed E-state index contributed by atoms with van der Waals surface area (Å²) >= 11 is 10.4. The molecule has 0 radical (unpaired) electrons. The zero-order valence-electron chi connectivity index (χ0n) is 14.1. The van der Waals surface area contributed by atoms with Crippen LogP contribution in [0.2, 0.25) is 0 Å².